The average molecular weight is 323 g/mol. The topological polar surface area (TPSA) is 37.4 Å². The van der Waals surface area contributed by atoms with Crippen molar-refractivity contribution in [3.63, 3.8) is 0 Å². The Morgan fingerprint density at radius 2 is 1.64 bits per heavy atom. The molecule has 2 aromatic rings. The first kappa shape index (κ1) is 15.0. The summed E-state index contributed by atoms with van der Waals surface area (Å²) in [5.74, 6) is -1.80. The van der Waals surface area contributed by atoms with E-state index >= 15 is 0 Å². The van der Waals surface area contributed by atoms with Gasteiger partial charge in [0.1, 0.15) is 11.6 Å². The Morgan fingerprint density at radius 1 is 0.955 bits per heavy atom. The molecule has 116 valence electrons. The number of benzene rings is 2. The molecule has 2 aromatic carbocycles. The van der Waals surface area contributed by atoms with E-state index in [2.05, 4.69) is 0 Å². The van der Waals surface area contributed by atoms with E-state index in [1.165, 1.54) is 4.31 Å². The Kier molecular flexibility index (Phi) is 3.87. The molecule has 0 aromatic heterocycles. The molecule has 3 nitrogen and oxygen atoms in total. The minimum absolute atomic E-state index is 0.303. The van der Waals surface area contributed by atoms with E-state index in [4.69, 9.17) is 0 Å². The lowest BCUT2D eigenvalue weighted by Crippen LogP contribution is -2.32. The van der Waals surface area contributed by atoms with Gasteiger partial charge in [0.15, 0.2) is 0 Å². The summed E-state index contributed by atoms with van der Waals surface area (Å²) in [6.07, 6.45) is 2.37. The van der Waals surface area contributed by atoms with Crippen LogP contribution in [0.15, 0.2) is 47.4 Å². The van der Waals surface area contributed by atoms with Gasteiger partial charge in [-0.2, -0.15) is 0 Å². The molecule has 0 fully saturated rings. The number of halogens is 2. The molecule has 0 atom stereocenters. The highest BCUT2D eigenvalue weighted by Gasteiger charge is 2.28. The van der Waals surface area contributed by atoms with Gasteiger partial charge in [0.05, 0.1) is 10.6 Å². The van der Waals surface area contributed by atoms with Crippen molar-refractivity contribution in [1.29, 1.82) is 0 Å². The van der Waals surface area contributed by atoms with Gasteiger partial charge in [0.25, 0.3) is 10.0 Å². The molecule has 0 unspecified atom stereocenters. The van der Waals surface area contributed by atoms with E-state index in [0.717, 1.165) is 30.5 Å². The molecule has 1 heterocycles. The van der Waals surface area contributed by atoms with Crippen LogP contribution in [-0.2, 0) is 16.4 Å². The first-order valence-electron chi connectivity index (χ1n) is 7.05. The van der Waals surface area contributed by atoms with Crippen LogP contribution in [-0.4, -0.2) is 15.0 Å². The maximum Gasteiger partial charge on any atom is 0.264 e. The smallest absolute Gasteiger partial charge is 0.264 e. The molecule has 0 aliphatic carbocycles. The van der Waals surface area contributed by atoms with Crippen LogP contribution in [0.3, 0.4) is 0 Å². The highest BCUT2D eigenvalue weighted by molar-refractivity contribution is 7.92. The third kappa shape index (κ3) is 2.70. The molecule has 0 radical (unpaired) electrons. The van der Waals surface area contributed by atoms with Crippen LogP contribution in [0, 0.1) is 11.6 Å². The van der Waals surface area contributed by atoms with Crippen LogP contribution in [0.4, 0.5) is 14.5 Å². The Hall–Kier alpha value is -1.95. The summed E-state index contributed by atoms with van der Waals surface area (Å²) < 4.78 is 53.6. The van der Waals surface area contributed by atoms with Crippen molar-refractivity contribution in [2.45, 2.75) is 24.2 Å². The van der Waals surface area contributed by atoms with Crippen LogP contribution in [0.2, 0.25) is 0 Å². The lowest BCUT2D eigenvalue weighted by Gasteiger charge is -2.24. The van der Waals surface area contributed by atoms with E-state index in [1.54, 1.807) is 12.1 Å². The summed E-state index contributed by atoms with van der Waals surface area (Å²) in [6, 6.07) is 9.60. The highest BCUT2D eigenvalue weighted by Crippen LogP contribution is 2.31. The zero-order valence-electron chi connectivity index (χ0n) is 11.8. The van der Waals surface area contributed by atoms with Crippen LogP contribution in [0.1, 0.15) is 18.4 Å². The summed E-state index contributed by atoms with van der Waals surface area (Å²) in [5, 5.41) is 0. The number of fused-ring (bicyclic) bond motifs is 1. The number of hydrogen-bond acceptors (Lipinski definition) is 2. The maximum absolute atomic E-state index is 13.4. The average Bonchev–Trinajstić information content (AvgIpc) is 2.69. The zero-order valence-corrected chi connectivity index (χ0v) is 12.6. The van der Waals surface area contributed by atoms with Gasteiger partial charge in [-0.3, -0.25) is 4.31 Å². The van der Waals surface area contributed by atoms with Gasteiger partial charge >= 0.3 is 0 Å². The molecule has 0 spiro atoms. The van der Waals surface area contributed by atoms with Crippen LogP contribution < -0.4 is 4.31 Å². The lowest BCUT2D eigenvalue weighted by atomic mass is 10.1. The van der Waals surface area contributed by atoms with Crippen LogP contribution in [0.25, 0.3) is 0 Å². The number of para-hydroxylation sites is 1. The van der Waals surface area contributed by atoms with Gasteiger partial charge in [-0.05, 0) is 43.0 Å². The fraction of sp³-hybridized carbons (Fsp3) is 0.250. The Bertz CT molecular complexity index is 785. The number of anilines is 1. The molecular weight excluding hydrogens is 308 g/mol. The fourth-order valence-electron chi connectivity index (χ4n) is 2.71. The van der Waals surface area contributed by atoms with Gasteiger partial charge in [-0.15, -0.1) is 0 Å². The second kappa shape index (κ2) is 5.68. The molecule has 0 saturated carbocycles. The second-order valence-corrected chi connectivity index (χ2v) is 7.13. The van der Waals surface area contributed by atoms with Crippen molar-refractivity contribution < 1.29 is 17.2 Å². The molecule has 3 rings (SSSR count). The van der Waals surface area contributed by atoms with Crippen molar-refractivity contribution in [3.8, 4) is 0 Å². The number of aryl methyl sites for hydroxylation is 1. The van der Waals surface area contributed by atoms with Gasteiger partial charge in [-0.1, -0.05) is 18.2 Å². The number of sulfonamides is 1. The molecule has 22 heavy (non-hydrogen) atoms. The Morgan fingerprint density at radius 3 is 2.36 bits per heavy atom. The predicted molar refractivity (Wildman–Crippen MR) is 80.3 cm³/mol. The standard InChI is InChI=1S/C16H15F2NO2S/c17-13-9-14(18)11-15(10-13)22(20,21)19-8-4-3-6-12-5-1-2-7-16(12)19/h1-2,5,7,9-11H,3-4,6,8H2. The monoisotopic (exact) mass is 323 g/mol. The van der Waals surface area contributed by atoms with E-state index in [9.17, 15) is 17.2 Å². The Labute approximate surface area is 128 Å². The van der Waals surface area contributed by atoms with Crippen LogP contribution >= 0.6 is 0 Å². The third-order valence-corrected chi connectivity index (χ3v) is 5.53. The van der Waals surface area contributed by atoms with Crippen molar-refractivity contribution >= 4 is 15.7 Å². The van der Waals surface area contributed by atoms with E-state index in [1.807, 2.05) is 12.1 Å². The van der Waals surface area contributed by atoms with Gasteiger partial charge < -0.3 is 0 Å². The highest BCUT2D eigenvalue weighted by atomic mass is 32.2. The summed E-state index contributed by atoms with van der Waals surface area (Å²) in [5.41, 5.74) is 1.52. The summed E-state index contributed by atoms with van der Waals surface area (Å²) in [7, 11) is -3.99. The van der Waals surface area contributed by atoms with Crippen molar-refractivity contribution in [1.82, 2.24) is 0 Å². The molecule has 1 aliphatic rings. The summed E-state index contributed by atoms with van der Waals surface area (Å²) in [4.78, 5) is -0.360. The molecule has 6 heteroatoms. The fourth-order valence-corrected chi connectivity index (χ4v) is 4.30. The quantitative estimate of drug-likeness (QED) is 0.848. The van der Waals surface area contributed by atoms with Crippen molar-refractivity contribution in [2.24, 2.45) is 0 Å². The van der Waals surface area contributed by atoms with E-state index < -0.39 is 21.7 Å². The maximum atomic E-state index is 13.4. The molecule has 0 bridgehead atoms. The predicted octanol–water partition coefficient (Wildman–Crippen LogP) is 3.50. The van der Waals surface area contributed by atoms with Crippen molar-refractivity contribution in [2.75, 3.05) is 10.8 Å². The van der Waals surface area contributed by atoms with Gasteiger partial charge in [-0.25, -0.2) is 17.2 Å². The zero-order chi connectivity index (χ0) is 15.7. The normalized spacial score (nSPS) is 15.3. The first-order valence-corrected chi connectivity index (χ1v) is 8.49. The lowest BCUT2D eigenvalue weighted by molar-refractivity contribution is 0.565. The molecule has 0 saturated heterocycles. The van der Waals surface area contributed by atoms with Gasteiger partial charge in [0.2, 0.25) is 0 Å². The molecular formula is C16H15F2NO2S. The van der Waals surface area contributed by atoms with E-state index in [0.29, 0.717) is 24.7 Å². The number of nitrogens with zero attached hydrogens (tertiary/aromatic N) is 1. The minimum Gasteiger partial charge on any atom is -0.266 e. The number of rotatable bonds is 2. The summed E-state index contributed by atoms with van der Waals surface area (Å²) >= 11 is 0. The van der Waals surface area contributed by atoms with Crippen molar-refractivity contribution in [3.05, 3.63) is 59.7 Å². The third-order valence-electron chi connectivity index (χ3n) is 3.74. The van der Waals surface area contributed by atoms with E-state index in [-0.39, 0.29) is 4.90 Å². The summed E-state index contributed by atoms with van der Waals surface area (Å²) in [6.45, 7) is 0.303. The van der Waals surface area contributed by atoms with Gasteiger partial charge in [0, 0.05) is 12.6 Å². The molecule has 0 amide bonds. The largest absolute Gasteiger partial charge is 0.266 e. The minimum atomic E-state index is -3.99. The van der Waals surface area contributed by atoms with Crippen LogP contribution in [0.5, 0.6) is 0 Å². The number of hydrogen-bond donors (Lipinski definition) is 0. The molecule has 1 aliphatic heterocycles. The molecule has 0 N–H and O–H groups in total. The second-order valence-electron chi connectivity index (χ2n) is 5.27. The Balaban J connectivity index is 2.12. The SMILES string of the molecule is O=S(=O)(c1cc(F)cc(F)c1)N1CCCCc2ccccc21. The first-order chi connectivity index (χ1) is 10.5.